The number of hydrogen-bond acceptors (Lipinski definition) is 6. The molecule has 1 saturated heterocycles. The molecule has 1 aromatic heterocycles. The Kier molecular flexibility index (Phi) is 6.45. The molecule has 186 valence electrons. The van der Waals surface area contributed by atoms with Gasteiger partial charge in [0.25, 0.3) is 0 Å². The fourth-order valence-electron chi connectivity index (χ4n) is 4.98. The van der Waals surface area contributed by atoms with Crippen LogP contribution in [0, 0.1) is 0 Å². The van der Waals surface area contributed by atoms with Crippen molar-refractivity contribution < 1.29 is 17.9 Å². The summed E-state index contributed by atoms with van der Waals surface area (Å²) in [4.78, 5) is 7.48. The number of methoxy groups -OCH3 is 1. The summed E-state index contributed by atoms with van der Waals surface area (Å²) in [7, 11) is -1.57. The fourth-order valence-corrected chi connectivity index (χ4v) is 5.61. The minimum atomic E-state index is -3.25. The number of aromatic nitrogens is 1. The number of benzene rings is 3. The number of sulfone groups is 1. The molecule has 0 N–H and O–H groups in total. The Morgan fingerprint density at radius 1 is 0.889 bits per heavy atom. The van der Waals surface area contributed by atoms with E-state index in [2.05, 4.69) is 43.0 Å². The SMILES string of the molecule is COc1c(-c2ccc(N3CC(C)O[C@@H](C)C3)cc2)cnc2c(-c3ccc(S(C)(=O)=O)cc3)cccc12. The van der Waals surface area contributed by atoms with Crippen LogP contribution in [0.1, 0.15) is 13.8 Å². The van der Waals surface area contributed by atoms with Crippen molar-refractivity contribution in [2.45, 2.75) is 31.0 Å². The van der Waals surface area contributed by atoms with E-state index >= 15 is 0 Å². The van der Waals surface area contributed by atoms with Gasteiger partial charge in [-0.25, -0.2) is 8.42 Å². The van der Waals surface area contributed by atoms with E-state index in [1.165, 1.54) is 11.9 Å². The number of para-hydroxylation sites is 1. The molecule has 4 aromatic rings. The summed E-state index contributed by atoms with van der Waals surface area (Å²) in [6, 6.07) is 21.4. The second-order valence-electron chi connectivity index (χ2n) is 9.41. The first-order valence-electron chi connectivity index (χ1n) is 12.0. The maximum Gasteiger partial charge on any atom is 0.175 e. The van der Waals surface area contributed by atoms with Crippen LogP contribution in [-0.2, 0) is 14.6 Å². The van der Waals surface area contributed by atoms with Crippen LogP contribution in [0.4, 0.5) is 5.69 Å². The Hall–Kier alpha value is -3.42. The Morgan fingerprint density at radius 2 is 1.50 bits per heavy atom. The number of hydrogen-bond donors (Lipinski definition) is 0. The highest BCUT2D eigenvalue weighted by Gasteiger charge is 2.22. The van der Waals surface area contributed by atoms with Gasteiger partial charge in [0.15, 0.2) is 9.84 Å². The number of nitrogens with zero attached hydrogens (tertiary/aromatic N) is 2. The highest BCUT2D eigenvalue weighted by Crippen LogP contribution is 2.39. The molecule has 0 saturated carbocycles. The zero-order valence-electron chi connectivity index (χ0n) is 20.9. The molecule has 1 fully saturated rings. The first-order valence-corrected chi connectivity index (χ1v) is 13.9. The molecule has 0 aliphatic carbocycles. The quantitative estimate of drug-likeness (QED) is 0.354. The Bertz CT molecular complexity index is 1490. The molecule has 2 heterocycles. The molecule has 0 bridgehead atoms. The lowest BCUT2D eigenvalue weighted by Crippen LogP contribution is -2.45. The zero-order chi connectivity index (χ0) is 25.4. The molecule has 6 nitrogen and oxygen atoms in total. The second-order valence-corrected chi connectivity index (χ2v) is 11.4. The molecule has 1 aliphatic heterocycles. The minimum Gasteiger partial charge on any atom is -0.495 e. The van der Waals surface area contributed by atoms with Gasteiger partial charge in [-0.1, -0.05) is 36.4 Å². The topological polar surface area (TPSA) is 68.7 Å². The predicted molar refractivity (Wildman–Crippen MR) is 144 cm³/mol. The number of anilines is 1. The van der Waals surface area contributed by atoms with Gasteiger partial charge in [0.05, 0.1) is 29.7 Å². The molecule has 0 radical (unpaired) electrons. The van der Waals surface area contributed by atoms with E-state index < -0.39 is 9.84 Å². The van der Waals surface area contributed by atoms with Crippen LogP contribution in [0.25, 0.3) is 33.2 Å². The summed E-state index contributed by atoms with van der Waals surface area (Å²) in [5.74, 6) is 0.760. The van der Waals surface area contributed by atoms with E-state index in [1.807, 2.05) is 36.5 Å². The van der Waals surface area contributed by atoms with E-state index in [1.54, 1.807) is 19.2 Å². The summed E-state index contributed by atoms with van der Waals surface area (Å²) in [5.41, 5.74) is 5.75. The maximum absolute atomic E-state index is 11.9. The van der Waals surface area contributed by atoms with Crippen molar-refractivity contribution in [2.75, 3.05) is 31.4 Å². The Balaban J connectivity index is 1.52. The van der Waals surface area contributed by atoms with Gasteiger partial charge in [0.1, 0.15) is 5.75 Å². The van der Waals surface area contributed by atoms with E-state index in [-0.39, 0.29) is 12.2 Å². The van der Waals surface area contributed by atoms with Gasteiger partial charge in [-0.3, -0.25) is 4.98 Å². The monoisotopic (exact) mass is 502 g/mol. The summed E-state index contributed by atoms with van der Waals surface area (Å²) in [6.45, 7) is 5.96. The largest absolute Gasteiger partial charge is 0.495 e. The summed E-state index contributed by atoms with van der Waals surface area (Å²) in [6.07, 6.45) is 3.47. The smallest absolute Gasteiger partial charge is 0.175 e. The third-order valence-electron chi connectivity index (χ3n) is 6.61. The third kappa shape index (κ3) is 4.68. The van der Waals surface area contributed by atoms with Crippen molar-refractivity contribution >= 4 is 26.4 Å². The lowest BCUT2D eigenvalue weighted by molar-refractivity contribution is -0.00521. The lowest BCUT2D eigenvalue weighted by Gasteiger charge is -2.36. The average molecular weight is 503 g/mol. The lowest BCUT2D eigenvalue weighted by atomic mass is 9.98. The summed E-state index contributed by atoms with van der Waals surface area (Å²) in [5, 5.41) is 0.902. The van der Waals surface area contributed by atoms with Gasteiger partial charge >= 0.3 is 0 Å². The molecule has 0 amide bonds. The second kappa shape index (κ2) is 9.56. The minimum absolute atomic E-state index is 0.204. The van der Waals surface area contributed by atoms with Gasteiger partial charge in [0, 0.05) is 47.7 Å². The van der Waals surface area contributed by atoms with Crippen LogP contribution in [-0.4, -0.2) is 52.1 Å². The number of ether oxygens (including phenoxy) is 2. The molecule has 2 atom stereocenters. The Morgan fingerprint density at radius 3 is 2.11 bits per heavy atom. The van der Waals surface area contributed by atoms with Crippen molar-refractivity contribution in [1.29, 1.82) is 0 Å². The molecule has 7 heteroatoms. The maximum atomic E-state index is 11.9. The number of fused-ring (bicyclic) bond motifs is 1. The molecular weight excluding hydrogens is 472 g/mol. The van der Waals surface area contributed by atoms with E-state index in [4.69, 9.17) is 14.5 Å². The van der Waals surface area contributed by atoms with Gasteiger partial charge in [0.2, 0.25) is 0 Å². The molecular formula is C29H30N2O4S. The third-order valence-corrected chi connectivity index (χ3v) is 7.74. The predicted octanol–water partition coefficient (Wildman–Crippen LogP) is 5.59. The van der Waals surface area contributed by atoms with Crippen LogP contribution in [0.3, 0.4) is 0 Å². The van der Waals surface area contributed by atoms with Gasteiger partial charge < -0.3 is 14.4 Å². The van der Waals surface area contributed by atoms with Crippen LogP contribution in [0.2, 0.25) is 0 Å². The van der Waals surface area contributed by atoms with E-state index in [0.29, 0.717) is 4.90 Å². The molecule has 36 heavy (non-hydrogen) atoms. The highest BCUT2D eigenvalue weighted by molar-refractivity contribution is 7.90. The van der Waals surface area contributed by atoms with Crippen molar-refractivity contribution in [2.24, 2.45) is 0 Å². The van der Waals surface area contributed by atoms with Crippen molar-refractivity contribution in [3.8, 4) is 28.0 Å². The standard InChI is InChI=1S/C29H30N2O4S/c1-19-17-31(18-20(2)35-19)23-12-8-22(9-13-23)27-16-30-28-25(6-5-7-26(28)29(27)34-3)21-10-14-24(15-11-21)36(4,32)33/h5-16,19-20H,17-18H2,1-4H3/t19-,20?/m0/s1. The molecule has 1 unspecified atom stereocenters. The molecule has 1 aliphatic rings. The number of rotatable bonds is 5. The van der Waals surface area contributed by atoms with E-state index in [0.717, 1.165) is 52.0 Å². The molecule has 0 spiro atoms. The van der Waals surface area contributed by atoms with Crippen LogP contribution in [0.5, 0.6) is 5.75 Å². The highest BCUT2D eigenvalue weighted by atomic mass is 32.2. The van der Waals surface area contributed by atoms with Gasteiger partial charge in [-0.2, -0.15) is 0 Å². The number of morpholine rings is 1. The van der Waals surface area contributed by atoms with Gasteiger partial charge in [-0.05, 0) is 55.3 Å². The normalized spacial score (nSPS) is 18.4. The number of pyridine rings is 1. The first-order chi connectivity index (χ1) is 17.2. The fraction of sp³-hybridized carbons (Fsp3) is 0.276. The van der Waals surface area contributed by atoms with Crippen molar-refractivity contribution in [1.82, 2.24) is 4.98 Å². The zero-order valence-corrected chi connectivity index (χ0v) is 21.7. The van der Waals surface area contributed by atoms with Crippen LogP contribution < -0.4 is 9.64 Å². The van der Waals surface area contributed by atoms with Crippen LogP contribution >= 0.6 is 0 Å². The molecule has 5 rings (SSSR count). The van der Waals surface area contributed by atoms with E-state index in [9.17, 15) is 8.42 Å². The first kappa shape index (κ1) is 24.3. The van der Waals surface area contributed by atoms with Crippen molar-refractivity contribution in [3.63, 3.8) is 0 Å². The van der Waals surface area contributed by atoms with Crippen LogP contribution in [0.15, 0.2) is 77.8 Å². The summed E-state index contributed by atoms with van der Waals surface area (Å²) >= 11 is 0. The van der Waals surface area contributed by atoms with Gasteiger partial charge in [-0.15, -0.1) is 0 Å². The van der Waals surface area contributed by atoms with Crippen molar-refractivity contribution in [3.05, 3.63) is 72.9 Å². The molecule has 3 aromatic carbocycles. The Labute approximate surface area is 212 Å². The average Bonchev–Trinajstić information content (AvgIpc) is 2.86. The summed E-state index contributed by atoms with van der Waals surface area (Å²) < 4.78 is 35.5.